The van der Waals surface area contributed by atoms with Crippen LogP contribution in [0.1, 0.15) is 50.7 Å². The Labute approximate surface area is 276 Å². The molecule has 12 nitrogen and oxygen atoms in total. The smallest absolute Gasteiger partial charge is 0.409 e. The lowest BCUT2D eigenvalue weighted by molar-refractivity contribution is -0.143. The largest absolute Gasteiger partial charge is 0.461 e. The van der Waals surface area contributed by atoms with Gasteiger partial charge >= 0.3 is 18.2 Å². The molecule has 0 saturated heterocycles. The average molecular weight is 654 g/mol. The van der Waals surface area contributed by atoms with E-state index >= 15 is 0 Å². The molecule has 3 rings (SSSR count). The second-order valence-electron chi connectivity index (χ2n) is 11.8. The van der Waals surface area contributed by atoms with Gasteiger partial charge in [-0.05, 0) is 43.0 Å². The number of amides is 3. The summed E-state index contributed by atoms with van der Waals surface area (Å²) in [6.07, 6.45) is 0.620. The predicted octanol–water partition coefficient (Wildman–Crippen LogP) is 4.42. The SMILES string of the molecule is C=CCOC(=O)CCOCCOCCC(=O)NCCN(CCNC(=O)OC(C)(C)C)C(=O)OCC1c2ccccc2-c2ccccc21. The van der Waals surface area contributed by atoms with Crippen molar-refractivity contribution in [2.75, 3.05) is 65.8 Å². The fraction of sp³-hybridized carbons (Fsp3) is 0.486. The Bertz CT molecular complexity index is 1300. The molecule has 256 valence electrons. The number of esters is 1. The van der Waals surface area contributed by atoms with E-state index in [2.05, 4.69) is 29.3 Å². The lowest BCUT2D eigenvalue weighted by Gasteiger charge is -2.24. The molecule has 0 fully saturated rings. The molecule has 3 amide bonds. The van der Waals surface area contributed by atoms with Gasteiger partial charge in [0.15, 0.2) is 0 Å². The summed E-state index contributed by atoms with van der Waals surface area (Å²) in [4.78, 5) is 50.6. The van der Waals surface area contributed by atoms with Crippen molar-refractivity contribution in [1.82, 2.24) is 15.5 Å². The Kier molecular flexibility index (Phi) is 15.2. The van der Waals surface area contributed by atoms with Gasteiger partial charge < -0.3 is 39.2 Å². The molecule has 2 N–H and O–H groups in total. The molecular formula is C35H47N3O9. The molecule has 0 unspecified atom stereocenters. The van der Waals surface area contributed by atoms with Crippen LogP contribution in [0.5, 0.6) is 0 Å². The summed E-state index contributed by atoms with van der Waals surface area (Å²) in [6.45, 7) is 10.7. The zero-order valence-corrected chi connectivity index (χ0v) is 27.6. The van der Waals surface area contributed by atoms with Crippen molar-refractivity contribution in [1.29, 1.82) is 0 Å². The summed E-state index contributed by atoms with van der Waals surface area (Å²) in [6, 6.07) is 16.2. The van der Waals surface area contributed by atoms with Gasteiger partial charge in [0, 0.05) is 38.5 Å². The van der Waals surface area contributed by atoms with Crippen molar-refractivity contribution < 1.29 is 42.9 Å². The second-order valence-corrected chi connectivity index (χ2v) is 11.8. The van der Waals surface area contributed by atoms with E-state index in [1.54, 1.807) is 20.8 Å². The van der Waals surface area contributed by atoms with Crippen LogP contribution in [0.3, 0.4) is 0 Å². The molecule has 2 aromatic carbocycles. The predicted molar refractivity (Wildman–Crippen MR) is 176 cm³/mol. The fourth-order valence-corrected chi connectivity index (χ4v) is 4.87. The van der Waals surface area contributed by atoms with Crippen LogP contribution in [0.4, 0.5) is 9.59 Å². The molecule has 2 aromatic rings. The van der Waals surface area contributed by atoms with Crippen LogP contribution in [0.25, 0.3) is 11.1 Å². The first-order chi connectivity index (χ1) is 22.6. The zero-order valence-electron chi connectivity index (χ0n) is 27.6. The highest BCUT2D eigenvalue weighted by molar-refractivity contribution is 5.79. The van der Waals surface area contributed by atoms with Gasteiger partial charge in [-0.2, -0.15) is 0 Å². The summed E-state index contributed by atoms with van der Waals surface area (Å²) < 4.78 is 26.7. The van der Waals surface area contributed by atoms with Crippen molar-refractivity contribution in [2.24, 2.45) is 0 Å². The van der Waals surface area contributed by atoms with Crippen LogP contribution >= 0.6 is 0 Å². The molecule has 0 aromatic heterocycles. The molecule has 1 aliphatic carbocycles. The molecule has 0 spiro atoms. The molecule has 0 bridgehead atoms. The highest BCUT2D eigenvalue weighted by Crippen LogP contribution is 2.44. The second kappa shape index (κ2) is 19.3. The van der Waals surface area contributed by atoms with E-state index in [-0.39, 0.29) is 96.5 Å². The minimum Gasteiger partial charge on any atom is -0.461 e. The Morgan fingerprint density at radius 2 is 1.38 bits per heavy atom. The highest BCUT2D eigenvalue weighted by Gasteiger charge is 2.29. The lowest BCUT2D eigenvalue weighted by atomic mass is 9.98. The van der Waals surface area contributed by atoms with Crippen molar-refractivity contribution in [3.63, 3.8) is 0 Å². The monoisotopic (exact) mass is 653 g/mol. The maximum Gasteiger partial charge on any atom is 0.409 e. The topological polar surface area (TPSA) is 142 Å². The summed E-state index contributed by atoms with van der Waals surface area (Å²) in [7, 11) is 0. The van der Waals surface area contributed by atoms with Gasteiger partial charge in [0.1, 0.15) is 18.8 Å². The van der Waals surface area contributed by atoms with Crippen LogP contribution in [0.2, 0.25) is 0 Å². The average Bonchev–Trinajstić information content (AvgIpc) is 3.35. The van der Waals surface area contributed by atoms with E-state index in [0.717, 1.165) is 22.3 Å². The minimum absolute atomic E-state index is 0.1000. The van der Waals surface area contributed by atoms with E-state index in [4.69, 9.17) is 23.7 Å². The van der Waals surface area contributed by atoms with Gasteiger partial charge in [-0.3, -0.25) is 9.59 Å². The van der Waals surface area contributed by atoms with Gasteiger partial charge in [0.2, 0.25) is 5.91 Å². The number of hydrogen-bond donors (Lipinski definition) is 2. The third kappa shape index (κ3) is 13.1. The third-order valence-corrected chi connectivity index (χ3v) is 7.01. The molecule has 47 heavy (non-hydrogen) atoms. The van der Waals surface area contributed by atoms with Gasteiger partial charge in [0.05, 0.1) is 32.8 Å². The number of nitrogens with one attached hydrogen (secondary N) is 2. The number of benzene rings is 2. The van der Waals surface area contributed by atoms with Gasteiger partial charge in [-0.25, -0.2) is 9.59 Å². The molecule has 0 radical (unpaired) electrons. The van der Waals surface area contributed by atoms with Crippen LogP contribution in [-0.4, -0.2) is 100 Å². The van der Waals surface area contributed by atoms with Crippen molar-refractivity contribution in [3.8, 4) is 11.1 Å². The van der Waals surface area contributed by atoms with Crippen LogP contribution in [0, 0.1) is 0 Å². The Morgan fingerprint density at radius 1 is 0.809 bits per heavy atom. The minimum atomic E-state index is -0.654. The quantitative estimate of drug-likeness (QED) is 0.0976. The van der Waals surface area contributed by atoms with Crippen molar-refractivity contribution in [3.05, 3.63) is 72.3 Å². The number of alkyl carbamates (subject to hydrolysis) is 1. The summed E-state index contributed by atoms with van der Waals surface area (Å²) in [5.41, 5.74) is 3.80. The summed E-state index contributed by atoms with van der Waals surface area (Å²) in [5.74, 6) is -0.703. The molecule has 0 atom stereocenters. The van der Waals surface area contributed by atoms with Crippen LogP contribution in [0.15, 0.2) is 61.2 Å². The number of ether oxygens (including phenoxy) is 5. The number of hydrogen-bond acceptors (Lipinski definition) is 9. The van der Waals surface area contributed by atoms with Gasteiger partial charge in [-0.15, -0.1) is 0 Å². The van der Waals surface area contributed by atoms with E-state index < -0.39 is 17.8 Å². The Hall–Kier alpha value is -4.42. The fourth-order valence-electron chi connectivity index (χ4n) is 4.87. The zero-order chi connectivity index (χ0) is 34.1. The maximum absolute atomic E-state index is 13.3. The van der Waals surface area contributed by atoms with Crippen molar-refractivity contribution in [2.45, 2.75) is 45.1 Å². The van der Waals surface area contributed by atoms with E-state index in [1.165, 1.54) is 11.0 Å². The first-order valence-electron chi connectivity index (χ1n) is 15.8. The van der Waals surface area contributed by atoms with Gasteiger partial charge in [-0.1, -0.05) is 61.2 Å². The lowest BCUT2D eigenvalue weighted by Crippen LogP contribution is -2.44. The van der Waals surface area contributed by atoms with Gasteiger partial charge in [0.25, 0.3) is 0 Å². The number of carbonyl (C=O) groups excluding carboxylic acids is 4. The number of nitrogens with zero attached hydrogens (tertiary/aromatic N) is 1. The molecule has 1 aliphatic rings. The van der Waals surface area contributed by atoms with E-state index in [9.17, 15) is 19.2 Å². The number of fused-ring (bicyclic) bond motifs is 3. The molecular weight excluding hydrogens is 606 g/mol. The standard InChI is InChI=1S/C35H47N3O9/c1-5-20-45-32(40)15-22-44-24-23-43-21-14-31(39)36-16-18-38(19-17-37-33(41)47-35(2,3)4)34(42)46-25-30-28-12-8-6-10-26(28)27-11-7-9-13-29(27)30/h5-13,30H,1,14-25H2,2-4H3,(H,36,39)(H,37,41). The molecule has 0 heterocycles. The normalized spacial score (nSPS) is 12.0. The first kappa shape index (κ1) is 37.0. The Morgan fingerprint density at radius 3 is 1.98 bits per heavy atom. The molecule has 0 saturated carbocycles. The van der Waals surface area contributed by atoms with Crippen molar-refractivity contribution >= 4 is 24.1 Å². The molecule has 12 heteroatoms. The van der Waals surface area contributed by atoms with Crippen LogP contribution in [-0.2, 0) is 33.3 Å². The molecule has 0 aliphatic heterocycles. The van der Waals surface area contributed by atoms with Crippen LogP contribution < -0.4 is 10.6 Å². The third-order valence-electron chi connectivity index (χ3n) is 7.01. The van der Waals surface area contributed by atoms with E-state index in [1.807, 2.05) is 36.4 Å². The highest BCUT2D eigenvalue weighted by atomic mass is 16.6. The maximum atomic E-state index is 13.3. The summed E-state index contributed by atoms with van der Waals surface area (Å²) >= 11 is 0. The van der Waals surface area contributed by atoms with E-state index in [0.29, 0.717) is 0 Å². The Balaban J connectivity index is 1.43. The number of carbonyl (C=O) groups is 4. The number of rotatable bonds is 19. The summed E-state index contributed by atoms with van der Waals surface area (Å²) in [5, 5.41) is 5.45. The first-order valence-corrected chi connectivity index (χ1v) is 15.8.